The van der Waals surface area contributed by atoms with Gasteiger partial charge in [0.2, 0.25) is 5.91 Å². The fraction of sp³-hybridized carbons (Fsp3) is 0.556. The van der Waals surface area contributed by atoms with Crippen LogP contribution in [0.1, 0.15) is 59.1 Å². The third-order valence-corrected chi connectivity index (χ3v) is 5.72. The fourth-order valence-electron chi connectivity index (χ4n) is 2.21. The summed E-state index contributed by atoms with van der Waals surface area (Å²) in [7, 11) is 0. The summed E-state index contributed by atoms with van der Waals surface area (Å²) in [5, 5.41) is 5.70. The van der Waals surface area contributed by atoms with Crippen molar-refractivity contribution in [2.75, 3.05) is 11.7 Å². The number of thioether (sulfide) groups is 1. The van der Waals surface area contributed by atoms with Crippen LogP contribution in [0.4, 0.5) is 5.13 Å². The van der Waals surface area contributed by atoms with Crippen molar-refractivity contribution in [3.8, 4) is 0 Å². The minimum Gasteiger partial charge on any atom is -0.302 e. The number of aromatic nitrogens is 1. The standard InChI is InChI=1S/C17H24N2OS2.CH3Cl/c1-5-7-12(4)22-15(11(2)3)14-10-21-17(18-14)19-16(20)13-8-6-9-13;1-2/h7,10,13H,5-6,8-9H2,1-4H3,(H,18,19,20);1H3/b12-7+;. The normalized spacial score (nSPS) is 14.3. The van der Waals surface area contributed by atoms with Gasteiger partial charge in [0.05, 0.1) is 5.69 Å². The number of hydrogen-bond donors (Lipinski definition) is 1. The maximum absolute atomic E-state index is 12.0. The molecule has 0 saturated heterocycles. The molecule has 0 radical (unpaired) electrons. The summed E-state index contributed by atoms with van der Waals surface area (Å²) in [4.78, 5) is 19.1. The smallest absolute Gasteiger partial charge is 0.229 e. The van der Waals surface area contributed by atoms with Gasteiger partial charge in [-0.05, 0) is 44.9 Å². The van der Waals surface area contributed by atoms with Crippen molar-refractivity contribution in [3.63, 3.8) is 0 Å². The van der Waals surface area contributed by atoms with Crippen LogP contribution in [0.5, 0.6) is 0 Å². The molecule has 0 aliphatic heterocycles. The summed E-state index contributed by atoms with van der Waals surface area (Å²) in [5.41, 5.74) is 2.21. The highest BCUT2D eigenvalue weighted by Gasteiger charge is 2.25. The minimum atomic E-state index is 0.126. The number of nitrogens with one attached hydrogen (secondary N) is 1. The lowest BCUT2D eigenvalue weighted by Crippen LogP contribution is -2.27. The van der Waals surface area contributed by atoms with Crippen LogP contribution in [0.2, 0.25) is 0 Å². The molecule has 1 aliphatic rings. The second kappa shape index (κ2) is 11.0. The molecule has 1 aromatic rings. The van der Waals surface area contributed by atoms with E-state index in [1.807, 2.05) is 5.38 Å². The van der Waals surface area contributed by atoms with Crippen molar-refractivity contribution < 1.29 is 4.79 Å². The molecule has 1 heterocycles. The van der Waals surface area contributed by atoms with Crippen molar-refractivity contribution in [1.82, 2.24) is 4.98 Å². The number of hydrogen-bond acceptors (Lipinski definition) is 4. The number of rotatable bonds is 6. The Morgan fingerprint density at radius 1 is 1.42 bits per heavy atom. The lowest BCUT2D eigenvalue weighted by atomic mass is 9.85. The van der Waals surface area contributed by atoms with Crippen LogP contribution >= 0.6 is 34.7 Å². The Bertz CT molecular complexity index is 600. The molecule has 0 spiro atoms. The first-order valence-electron chi connectivity index (χ1n) is 8.18. The van der Waals surface area contributed by atoms with Gasteiger partial charge >= 0.3 is 0 Å². The van der Waals surface area contributed by atoms with E-state index in [-0.39, 0.29) is 11.8 Å². The van der Waals surface area contributed by atoms with Crippen LogP contribution in [0.3, 0.4) is 0 Å². The Hall–Kier alpha value is -0.780. The van der Waals surface area contributed by atoms with Crippen molar-refractivity contribution in [2.24, 2.45) is 5.92 Å². The first-order chi connectivity index (χ1) is 11.5. The molecule has 1 aliphatic carbocycles. The van der Waals surface area contributed by atoms with Gasteiger partial charge in [-0.2, -0.15) is 0 Å². The number of alkyl halides is 1. The second-order valence-corrected chi connectivity index (χ2v) is 7.92. The third-order valence-electron chi connectivity index (χ3n) is 3.65. The Morgan fingerprint density at radius 2 is 2.08 bits per heavy atom. The topological polar surface area (TPSA) is 42.0 Å². The van der Waals surface area contributed by atoms with E-state index < -0.39 is 0 Å². The van der Waals surface area contributed by atoms with Gasteiger partial charge in [0, 0.05) is 22.6 Å². The van der Waals surface area contributed by atoms with E-state index >= 15 is 0 Å². The van der Waals surface area contributed by atoms with Crippen LogP contribution in [0, 0.1) is 5.92 Å². The first-order valence-corrected chi connectivity index (χ1v) is 10.6. The van der Waals surface area contributed by atoms with Gasteiger partial charge < -0.3 is 5.32 Å². The number of thiazole rings is 1. The molecule has 6 heteroatoms. The van der Waals surface area contributed by atoms with Crippen molar-refractivity contribution in [1.29, 1.82) is 0 Å². The van der Waals surface area contributed by atoms with Gasteiger partial charge in [0.15, 0.2) is 5.13 Å². The van der Waals surface area contributed by atoms with Crippen LogP contribution < -0.4 is 5.32 Å². The van der Waals surface area contributed by atoms with Gasteiger partial charge in [-0.25, -0.2) is 4.98 Å². The van der Waals surface area contributed by atoms with E-state index in [0.29, 0.717) is 5.13 Å². The predicted molar refractivity (Wildman–Crippen MR) is 110 cm³/mol. The molecular weight excluding hydrogens is 360 g/mol. The minimum absolute atomic E-state index is 0.126. The zero-order valence-electron chi connectivity index (χ0n) is 15.1. The second-order valence-electron chi connectivity index (χ2n) is 5.81. The molecule has 1 saturated carbocycles. The highest BCUT2D eigenvalue weighted by molar-refractivity contribution is 8.11. The van der Waals surface area contributed by atoms with E-state index in [9.17, 15) is 4.79 Å². The summed E-state index contributed by atoms with van der Waals surface area (Å²) in [6, 6.07) is 0. The van der Waals surface area contributed by atoms with Gasteiger partial charge in [0.25, 0.3) is 0 Å². The molecule has 1 amide bonds. The van der Waals surface area contributed by atoms with E-state index in [1.54, 1.807) is 11.8 Å². The number of amides is 1. The molecule has 1 fully saturated rings. The van der Waals surface area contributed by atoms with Gasteiger partial charge in [-0.15, -0.1) is 22.9 Å². The zero-order valence-corrected chi connectivity index (χ0v) is 17.5. The first kappa shape index (κ1) is 21.3. The summed E-state index contributed by atoms with van der Waals surface area (Å²) in [5.74, 6) is 0.319. The summed E-state index contributed by atoms with van der Waals surface area (Å²) in [6.45, 7) is 8.48. The quantitative estimate of drug-likeness (QED) is 0.564. The average Bonchev–Trinajstić information content (AvgIpc) is 2.93. The summed E-state index contributed by atoms with van der Waals surface area (Å²) < 4.78 is 0. The molecule has 1 N–H and O–H groups in total. The number of halogens is 1. The number of allylic oxidation sites excluding steroid dienone is 3. The van der Waals surface area contributed by atoms with E-state index in [2.05, 4.69) is 55.7 Å². The molecule has 3 nitrogen and oxygen atoms in total. The van der Waals surface area contributed by atoms with E-state index in [0.717, 1.165) is 25.0 Å². The SMILES string of the molecule is CC/C=C(\C)SC(=C(C)C)c1csc(NC(=O)C2CCC2)n1.CCl. The lowest BCUT2D eigenvalue weighted by molar-refractivity contribution is -0.122. The Kier molecular flexibility index (Phi) is 9.71. The molecule has 0 bridgehead atoms. The molecular formula is C18H27ClN2OS2. The number of carbonyl (C=O) groups excluding carboxylic acids is 1. The summed E-state index contributed by atoms with van der Waals surface area (Å²) >= 11 is 7.90. The van der Waals surface area contributed by atoms with Gasteiger partial charge in [-0.1, -0.05) is 36.8 Å². The van der Waals surface area contributed by atoms with E-state index in [1.165, 1.54) is 39.5 Å². The molecule has 0 unspecified atom stereocenters. The maximum atomic E-state index is 12.0. The number of carbonyl (C=O) groups is 1. The Balaban J connectivity index is 0.00000139. The summed E-state index contributed by atoms with van der Waals surface area (Å²) in [6.07, 6.45) is 7.93. The predicted octanol–water partition coefficient (Wildman–Crippen LogP) is 6.53. The van der Waals surface area contributed by atoms with Gasteiger partial charge in [0.1, 0.15) is 0 Å². The van der Waals surface area contributed by atoms with Crippen molar-refractivity contribution >= 4 is 50.6 Å². The average molecular weight is 387 g/mol. The Morgan fingerprint density at radius 3 is 2.58 bits per heavy atom. The monoisotopic (exact) mass is 386 g/mol. The molecule has 0 atom stereocenters. The highest BCUT2D eigenvalue weighted by Crippen LogP contribution is 2.37. The van der Waals surface area contributed by atoms with Crippen LogP contribution in [0.15, 0.2) is 21.9 Å². The van der Waals surface area contributed by atoms with Crippen molar-refractivity contribution in [2.45, 2.75) is 53.4 Å². The lowest BCUT2D eigenvalue weighted by Gasteiger charge is -2.23. The maximum Gasteiger partial charge on any atom is 0.229 e. The highest BCUT2D eigenvalue weighted by atomic mass is 35.5. The van der Waals surface area contributed by atoms with Gasteiger partial charge in [-0.3, -0.25) is 4.79 Å². The van der Waals surface area contributed by atoms with Crippen molar-refractivity contribution in [3.05, 3.63) is 27.6 Å². The largest absolute Gasteiger partial charge is 0.302 e. The third kappa shape index (κ3) is 6.26. The molecule has 2 rings (SSSR count). The number of nitrogens with zero attached hydrogens (tertiary/aromatic N) is 1. The fourth-order valence-corrected chi connectivity index (χ4v) is 3.98. The van der Waals surface area contributed by atoms with Crippen LogP contribution in [-0.4, -0.2) is 17.3 Å². The Labute approximate surface area is 159 Å². The van der Waals surface area contributed by atoms with Crippen LogP contribution in [0.25, 0.3) is 4.91 Å². The molecule has 0 aromatic carbocycles. The number of anilines is 1. The molecule has 24 heavy (non-hydrogen) atoms. The zero-order chi connectivity index (χ0) is 18.1. The molecule has 134 valence electrons. The van der Waals surface area contributed by atoms with E-state index in [4.69, 9.17) is 0 Å². The molecule has 1 aromatic heterocycles. The van der Waals surface area contributed by atoms with Crippen LogP contribution in [-0.2, 0) is 4.79 Å².